The Kier molecular flexibility index (Phi) is 5.11. The fourth-order valence-electron chi connectivity index (χ4n) is 1.69. The van der Waals surface area contributed by atoms with Crippen molar-refractivity contribution in [2.24, 2.45) is 0 Å². The van der Waals surface area contributed by atoms with Crippen LogP contribution in [0.1, 0.15) is 42.9 Å². The molecule has 106 valence electrons. The highest BCUT2D eigenvalue weighted by atomic mass is 32.1. The van der Waals surface area contributed by atoms with E-state index in [2.05, 4.69) is 5.32 Å². The summed E-state index contributed by atoms with van der Waals surface area (Å²) in [6, 6.07) is 1.92. The third-order valence-electron chi connectivity index (χ3n) is 2.57. The lowest BCUT2D eigenvalue weighted by Gasteiger charge is -2.25. The van der Waals surface area contributed by atoms with Crippen molar-refractivity contribution >= 4 is 23.2 Å². The Balaban J connectivity index is 2.72. The zero-order chi connectivity index (χ0) is 14.6. The van der Waals surface area contributed by atoms with Crippen LogP contribution in [-0.2, 0) is 4.79 Å². The molecule has 0 saturated carbocycles. The molecule has 0 aliphatic heterocycles. The highest BCUT2D eigenvalue weighted by Crippen LogP contribution is 2.17. The van der Waals surface area contributed by atoms with Crippen LogP contribution in [0, 0.1) is 6.92 Å². The summed E-state index contributed by atoms with van der Waals surface area (Å²) in [6.07, 6.45) is 0. The number of amides is 2. The molecule has 4 nitrogen and oxygen atoms in total. The predicted molar refractivity (Wildman–Crippen MR) is 78.5 cm³/mol. The zero-order valence-corrected chi connectivity index (χ0v) is 13.1. The summed E-state index contributed by atoms with van der Waals surface area (Å²) in [4.78, 5) is 26.5. The molecule has 0 bridgehead atoms. The van der Waals surface area contributed by atoms with Crippen LogP contribution in [0.4, 0.5) is 0 Å². The average molecular weight is 282 g/mol. The van der Waals surface area contributed by atoms with Gasteiger partial charge in [0.15, 0.2) is 0 Å². The van der Waals surface area contributed by atoms with Crippen LogP contribution in [0.15, 0.2) is 11.4 Å². The fourth-order valence-corrected chi connectivity index (χ4v) is 2.59. The molecule has 19 heavy (non-hydrogen) atoms. The van der Waals surface area contributed by atoms with Crippen molar-refractivity contribution < 1.29 is 9.59 Å². The Morgan fingerprint density at radius 1 is 1.37 bits per heavy atom. The minimum Gasteiger partial charge on any atom is -0.350 e. The van der Waals surface area contributed by atoms with Crippen LogP contribution in [0.3, 0.4) is 0 Å². The first-order chi connectivity index (χ1) is 8.74. The molecule has 0 aliphatic rings. The van der Waals surface area contributed by atoms with E-state index in [1.54, 1.807) is 4.90 Å². The lowest BCUT2D eigenvalue weighted by Crippen LogP contribution is -2.47. The van der Waals surface area contributed by atoms with Crippen molar-refractivity contribution in [2.75, 3.05) is 13.1 Å². The maximum absolute atomic E-state index is 12.3. The molecule has 0 aliphatic carbocycles. The first-order valence-electron chi connectivity index (χ1n) is 6.39. The van der Waals surface area contributed by atoms with Crippen molar-refractivity contribution in [3.05, 3.63) is 21.9 Å². The minimum absolute atomic E-state index is 0.0703. The summed E-state index contributed by atoms with van der Waals surface area (Å²) < 4.78 is 0. The maximum Gasteiger partial charge on any atom is 0.264 e. The maximum atomic E-state index is 12.3. The van der Waals surface area contributed by atoms with Gasteiger partial charge in [0, 0.05) is 12.1 Å². The molecule has 5 heteroatoms. The Morgan fingerprint density at radius 3 is 2.42 bits per heavy atom. The van der Waals surface area contributed by atoms with E-state index in [4.69, 9.17) is 0 Å². The van der Waals surface area contributed by atoms with E-state index in [1.807, 2.05) is 46.1 Å². The van der Waals surface area contributed by atoms with Crippen LogP contribution >= 0.6 is 11.3 Å². The van der Waals surface area contributed by atoms with Gasteiger partial charge in [0.1, 0.15) is 0 Å². The van der Waals surface area contributed by atoms with Gasteiger partial charge in [0.25, 0.3) is 5.91 Å². The van der Waals surface area contributed by atoms with E-state index in [-0.39, 0.29) is 23.9 Å². The molecule has 1 aromatic rings. The van der Waals surface area contributed by atoms with Crippen molar-refractivity contribution in [3.8, 4) is 0 Å². The summed E-state index contributed by atoms with van der Waals surface area (Å²) in [5.74, 6) is -0.198. The van der Waals surface area contributed by atoms with Gasteiger partial charge in [0.2, 0.25) is 5.91 Å². The van der Waals surface area contributed by atoms with Gasteiger partial charge in [-0.15, -0.1) is 11.3 Å². The Morgan fingerprint density at radius 2 is 2.00 bits per heavy atom. The lowest BCUT2D eigenvalue weighted by atomic mass is 10.1. The number of likely N-dealkylation sites (N-methyl/N-ethyl adjacent to an activating group) is 1. The van der Waals surface area contributed by atoms with E-state index >= 15 is 0 Å². The first kappa shape index (κ1) is 15.7. The zero-order valence-electron chi connectivity index (χ0n) is 12.2. The van der Waals surface area contributed by atoms with Gasteiger partial charge >= 0.3 is 0 Å². The van der Waals surface area contributed by atoms with Gasteiger partial charge < -0.3 is 10.2 Å². The Bertz CT molecular complexity index is 460. The molecule has 0 fully saturated rings. The number of aryl methyl sites for hydroxylation is 1. The molecular formula is C14H22N2O2S. The third kappa shape index (κ3) is 4.67. The normalized spacial score (nSPS) is 11.2. The van der Waals surface area contributed by atoms with Gasteiger partial charge in [-0.25, -0.2) is 0 Å². The molecular weight excluding hydrogens is 260 g/mol. The van der Waals surface area contributed by atoms with Crippen LogP contribution in [-0.4, -0.2) is 35.3 Å². The molecule has 1 aromatic heterocycles. The molecule has 1 N–H and O–H groups in total. The molecule has 0 spiro atoms. The standard InChI is InChI=1S/C14H22N2O2S/c1-6-16(9-11(17)15-14(3,4)5)13(18)12-10(2)7-8-19-12/h7-8H,6,9H2,1-5H3,(H,15,17). The Hall–Kier alpha value is -1.36. The SMILES string of the molecule is CCN(CC(=O)NC(C)(C)C)C(=O)c1sccc1C. The summed E-state index contributed by atoms with van der Waals surface area (Å²) in [5, 5.41) is 4.76. The number of thiophene rings is 1. The molecule has 1 heterocycles. The summed E-state index contributed by atoms with van der Waals surface area (Å²) >= 11 is 1.42. The molecule has 0 atom stereocenters. The number of nitrogens with one attached hydrogen (secondary N) is 1. The van der Waals surface area contributed by atoms with E-state index < -0.39 is 0 Å². The second-order valence-electron chi connectivity index (χ2n) is 5.55. The monoisotopic (exact) mass is 282 g/mol. The topological polar surface area (TPSA) is 49.4 Å². The molecule has 2 amide bonds. The van der Waals surface area contributed by atoms with Crippen molar-refractivity contribution in [2.45, 2.75) is 40.2 Å². The molecule has 1 rings (SSSR count). The number of carbonyl (C=O) groups excluding carboxylic acids is 2. The van der Waals surface area contributed by atoms with Crippen LogP contribution in [0.2, 0.25) is 0 Å². The number of hydrogen-bond acceptors (Lipinski definition) is 3. The van der Waals surface area contributed by atoms with Crippen LogP contribution in [0.25, 0.3) is 0 Å². The molecule has 0 saturated heterocycles. The number of rotatable bonds is 4. The van der Waals surface area contributed by atoms with Crippen LogP contribution < -0.4 is 5.32 Å². The van der Waals surface area contributed by atoms with E-state index in [9.17, 15) is 9.59 Å². The molecule has 0 unspecified atom stereocenters. The number of hydrogen-bond donors (Lipinski definition) is 1. The largest absolute Gasteiger partial charge is 0.350 e. The van der Waals surface area contributed by atoms with Gasteiger partial charge in [0.05, 0.1) is 11.4 Å². The first-order valence-corrected chi connectivity index (χ1v) is 7.27. The van der Waals surface area contributed by atoms with Crippen LogP contribution in [0.5, 0.6) is 0 Å². The van der Waals surface area contributed by atoms with E-state index in [0.717, 1.165) is 5.56 Å². The molecule has 0 aromatic carbocycles. The summed E-state index contributed by atoms with van der Waals surface area (Å²) in [7, 11) is 0. The second-order valence-corrected chi connectivity index (χ2v) is 6.47. The van der Waals surface area contributed by atoms with Crippen molar-refractivity contribution in [1.82, 2.24) is 10.2 Å². The third-order valence-corrected chi connectivity index (χ3v) is 3.58. The van der Waals surface area contributed by atoms with Gasteiger partial charge in [-0.3, -0.25) is 9.59 Å². The summed E-state index contributed by atoms with van der Waals surface area (Å²) in [5.41, 5.74) is 0.683. The van der Waals surface area contributed by atoms with Gasteiger partial charge in [-0.2, -0.15) is 0 Å². The minimum atomic E-state index is -0.279. The smallest absolute Gasteiger partial charge is 0.264 e. The number of carbonyl (C=O) groups is 2. The predicted octanol–water partition coefficient (Wildman–Crippen LogP) is 2.43. The average Bonchev–Trinajstić information content (AvgIpc) is 2.69. The van der Waals surface area contributed by atoms with Crippen molar-refractivity contribution in [3.63, 3.8) is 0 Å². The highest BCUT2D eigenvalue weighted by molar-refractivity contribution is 7.12. The lowest BCUT2D eigenvalue weighted by molar-refractivity contribution is -0.123. The second kappa shape index (κ2) is 6.19. The van der Waals surface area contributed by atoms with Gasteiger partial charge in [-0.05, 0) is 51.6 Å². The Labute approximate surface area is 118 Å². The number of nitrogens with zero attached hydrogens (tertiary/aromatic N) is 1. The van der Waals surface area contributed by atoms with Crippen molar-refractivity contribution in [1.29, 1.82) is 0 Å². The molecule has 0 radical (unpaired) electrons. The van der Waals surface area contributed by atoms with E-state index in [1.165, 1.54) is 11.3 Å². The van der Waals surface area contributed by atoms with E-state index in [0.29, 0.717) is 11.4 Å². The van der Waals surface area contributed by atoms with Gasteiger partial charge in [-0.1, -0.05) is 0 Å². The highest BCUT2D eigenvalue weighted by Gasteiger charge is 2.21. The quantitative estimate of drug-likeness (QED) is 0.922. The summed E-state index contributed by atoms with van der Waals surface area (Å²) in [6.45, 7) is 10.2. The fraction of sp³-hybridized carbons (Fsp3) is 0.571.